The van der Waals surface area contributed by atoms with E-state index in [0.29, 0.717) is 17.0 Å². The fourth-order valence-corrected chi connectivity index (χ4v) is 2.27. The maximum atomic E-state index is 12.3. The van der Waals surface area contributed by atoms with E-state index in [1.165, 1.54) is 19.1 Å². The van der Waals surface area contributed by atoms with Crippen molar-refractivity contribution in [2.75, 3.05) is 5.32 Å². The average molecular weight is 352 g/mol. The number of benzene rings is 2. The van der Waals surface area contributed by atoms with Crippen molar-refractivity contribution in [1.82, 2.24) is 5.32 Å². The summed E-state index contributed by atoms with van der Waals surface area (Å²) in [5.74, 6) is -0.688. The van der Waals surface area contributed by atoms with Crippen LogP contribution in [0.15, 0.2) is 60.7 Å². The molecule has 0 heterocycles. The number of amides is 2. The molecule has 2 N–H and O–H groups in total. The van der Waals surface area contributed by atoms with Gasteiger partial charge in [0.2, 0.25) is 5.91 Å². The summed E-state index contributed by atoms with van der Waals surface area (Å²) in [7, 11) is 0. The Morgan fingerprint density at radius 2 is 1.85 bits per heavy atom. The number of para-hydroxylation sites is 1. The molecule has 0 fully saturated rings. The van der Waals surface area contributed by atoms with Gasteiger partial charge in [0.1, 0.15) is 5.75 Å². The summed E-state index contributed by atoms with van der Waals surface area (Å²) < 4.78 is 4.98. The zero-order valence-electron chi connectivity index (χ0n) is 14.6. The van der Waals surface area contributed by atoms with Crippen LogP contribution in [-0.4, -0.2) is 17.8 Å². The first kappa shape index (κ1) is 18.9. The third-order valence-electron chi connectivity index (χ3n) is 3.39. The lowest BCUT2D eigenvalue weighted by atomic mass is 10.1. The largest absolute Gasteiger partial charge is 0.427 e. The molecule has 0 radical (unpaired) electrons. The minimum atomic E-state index is -0.451. The average Bonchev–Trinajstić information content (AvgIpc) is 2.60. The van der Waals surface area contributed by atoms with Gasteiger partial charge in [-0.1, -0.05) is 30.3 Å². The van der Waals surface area contributed by atoms with Crippen LogP contribution < -0.4 is 15.4 Å². The molecule has 0 saturated heterocycles. The van der Waals surface area contributed by atoms with Crippen molar-refractivity contribution in [2.45, 2.75) is 20.4 Å². The first-order valence-electron chi connectivity index (χ1n) is 8.08. The molecule has 0 spiro atoms. The number of anilines is 1. The maximum absolute atomic E-state index is 12.3. The molecule has 0 saturated carbocycles. The Kier molecular flexibility index (Phi) is 6.68. The summed E-state index contributed by atoms with van der Waals surface area (Å²) in [4.78, 5) is 35.1. The van der Waals surface area contributed by atoms with Crippen LogP contribution in [0.3, 0.4) is 0 Å². The Balaban J connectivity index is 2.06. The maximum Gasteiger partial charge on any atom is 0.308 e. The van der Waals surface area contributed by atoms with Crippen LogP contribution in [0.4, 0.5) is 5.69 Å². The highest BCUT2D eigenvalue weighted by Gasteiger charge is 2.10. The van der Waals surface area contributed by atoms with E-state index < -0.39 is 5.97 Å². The van der Waals surface area contributed by atoms with Gasteiger partial charge >= 0.3 is 5.97 Å². The molecule has 26 heavy (non-hydrogen) atoms. The predicted octanol–water partition coefficient (Wildman–Crippen LogP) is 3.06. The SMILES string of the molecule is C/C=C/C(=O)Nc1ccccc1CNC(=O)c1cccc(OC(C)=O)c1. The first-order valence-corrected chi connectivity index (χ1v) is 8.08. The second-order valence-corrected chi connectivity index (χ2v) is 5.45. The van der Waals surface area contributed by atoms with E-state index in [2.05, 4.69) is 10.6 Å². The number of hydrogen-bond acceptors (Lipinski definition) is 4. The molecular formula is C20H20N2O4. The lowest BCUT2D eigenvalue weighted by Gasteiger charge is -2.11. The molecule has 0 unspecified atom stereocenters. The van der Waals surface area contributed by atoms with Gasteiger partial charge in [-0.2, -0.15) is 0 Å². The number of hydrogen-bond donors (Lipinski definition) is 2. The van der Waals surface area contributed by atoms with Crippen LogP contribution in [0.5, 0.6) is 5.75 Å². The van der Waals surface area contributed by atoms with Crippen molar-refractivity contribution >= 4 is 23.5 Å². The fourth-order valence-electron chi connectivity index (χ4n) is 2.27. The van der Waals surface area contributed by atoms with Crippen LogP contribution >= 0.6 is 0 Å². The Bertz CT molecular complexity index is 843. The summed E-state index contributed by atoms with van der Waals surface area (Å²) in [5, 5.41) is 5.56. The third kappa shape index (κ3) is 5.59. The molecule has 2 rings (SSSR count). The van der Waals surface area contributed by atoms with Gasteiger partial charge in [-0.15, -0.1) is 0 Å². The molecule has 2 aromatic carbocycles. The van der Waals surface area contributed by atoms with Crippen molar-refractivity contribution in [2.24, 2.45) is 0 Å². The van der Waals surface area contributed by atoms with Gasteiger partial charge < -0.3 is 15.4 Å². The molecule has 6 heteroatoms. The van der Waals surface area contributed by atoms with Crippen LogP contribution in [0, 0.1) is 0 Å². The topological polar surface area (TPSA) is 84.5 Å². The number of nitrogens with one attached hydrogen (secondary N) is 2. The van der Waals surface area contributed by atoms with Gasteiger partial charge in [0, 0.05) is 24.7 Å². The summed E-state index contributed by atoms with van der Waals surface area (Å²) >= 11 is 0. The second kappa shape index (κ2) is 9.17. The summed E-state index contributed by atoms with van der Waals surface area (Å²) in [6.45, 7) is 3.30. The molecule has 2 amide bonds. The van der Waals surface area contributed by atoms with Crippen molar-refractivity contribution < 1.29 is 19.1 Å². The molecule has 134 valence electrons. The zero-order valence-corrected chi connectivity index (χ0v) is 14.6. The van der Waals surface area contributed by atoms with Gasteiger partial charge in [-0.25, -0.2) is 0 Å². The van der Waals surface area contributed by atoms with E-state index in [-0.39, 0.29) is 18.4 Å². The van der Waals surface area contributed by atoms with Crippen molar-refractivity contribution in [3.63, 3.8) is 0 Å². The predicted molar refractivity (Wildman–Crippen MR) is 98.8 cm³/mol. The molecule has 6 nitrogen and oxygen atoms in total. The van der Waals surface area contributed by atoms with Crippen molar-refractivity contribution in [3.05, 3.63) is 71.8 Å². The number of rotatable bonds is 6. The molecule has 0 atom stereocenters. The minimum Gasteiger partial charge on any atom is -0.427 e. The van der Waals surface area contributed by atoms with Crippen LogP contribution in [0.1, 0.15) is 29.8 Å². The molecule has 0 bridgehead atoms. The highest BCUT2D eigenvalue weighted by atomic mass is 16.5. The third-order valence-corrected chi connectivity index (χ3v) is 3.39. The Labute approximate surface area is 151 Å². The molecule has 0 aliphatic rings. The smallest absolute Gasteiger partial charge is 0.308 e. The number of carbonyl (C=O) groups is 3. The van der Waals surface area contributed by atoms with Gasteiger partial charge in [0.25, 0.3) is 5.91 Å². The molecule has 0 aliphatic heterocycles. The summed E-state index contributed by atoms with van der Waals surface area (Å²) in [6.07, 6.45) is 3.08. The van der Waals surface area contributed by atoms with Gasteiger partial charge in [-0.3, -0.25) is 14.4 Å². The number of ether oxygens (including phenoxy) is 1. The number of esters is 1. The van der Waals surface area contributed by atoms with E-state index in [1.807, 2.05) is 12.1 Å². The van der Waals surface area contributed by atoms with E-state index in [9.17, 15) is 14.4 Å². The lowest BCUT2D eigenvalue weighted by molar-refractivity contribution is -0.131. The summed E-state index contributed by atoms with van der Waals surface area (Å²) in [5.41, 5.74) is 1.78. The molecular weight excluding hydrogens is 332 g/mol. The van der Waals surface area contributed by atoms with Gasteiger partial charge in [0.05, 0.1) is 0 Å². The quantitative estimate of drug-likeness (QED) is 0.475. The van der Waals surface area contributed by atoms with Crippen molar-refractivity contribution in [3.8, 4) is 5.75 Å². The Morgan fingerprint density at radius 3 is 2.58 bits per heavy atom. The van der Waals surface area contributed by atoms with Crippen LogP contribution in [0.25, 0.3) is 0 Å². The minimum absolute atomic E-state index is 0.236. The second-order valence-electron chi connectivity index (χ2n) is 5.45. The van der Waals surface area contributed by atoms with E-state index >= 15 is 0 Å². The fraction of sp³-hybridized carbons (Fsp3) is 0.150. The first-order chi connectivity index (χ1) is 12.5. The van der Waals surface area contributed by atoms with E-state index in [4.69, 9.17) is 4.74 Å². The van der Waals surface area contributed by atoms with Crippen molar-refractivity contribution in [1.29, 1.82) is 0 Å². The molecule has 0 aliphatic carbocycles. The highest BCUT2D eigenvalue weighted by molar-refractivity contribution is 6.00. The zero-order chi connectivity index (χ0) is 18.9. The van der Waals surface area contributed by atoms with Crippen LogP contribution in [-0.2, 0) is 16.1 Å². The van der Waals surface area contributed by atoms with E-state index in [0.717, 1.165) is 5.56 Å². The lowest BCUT2D eigenvalue weighted by Crippen LogP contribution is -2.23. The van der Waals surface area contributed by atoms with Crippen LogP contribution in [0.2, 0.25) is 0 Å². The monoisotopic (exact) mass is 352 g/mol. The Hall–Kier alpha value is -3.41. The number of allylic oxidation sites excluding steroid dienone is 1. The standard InChI is InChI=1S/C20H20N2O4/c1-3-7-19(24)22-18-11-5-4-8-16(18)13-21-20(25)15-9-6-10-17(12-15)26-14(2)23/h3-12H,13H2,1-2H3,(H,21,25)(H,22,24)/b7-3+. The number of carbonyl (C=O) groups excluding carboxylic acids is 3. The molecule has 0 aromatic heterocycles. The Morgan fingerprint density at radius 1 is 1.08 bits per heavy atom. The van der Waals surface area contributed by atoms with E-state index in [1.54, 1.807) is 43.3 Å². The summed E-state index contributed by atoms with van der Waals surface area (Å²) in [6, 6.07) is 13.6. The normalized spacial score (nSPS) is 10.4. The van der Waals surface area contributed by atoms with Gasteiger partial charge in [-0.05, 0) is 42.8 Å². The van der Waals surface area contributed by atoms with Gasteiger partial charge in [0.15, 0.2) is 0 Å². The molecule has 2 aromatic rings. The highest BCUT2D eigenvalue weighted by Crippen LogP contribution is 2.16.